The van der Waals surface area contributed by atoms with Crippen molar-refractivity contribution in [2.24, 2.45) is 0 Å². The minimum absolute atomic E-state index is 0.0616. The molecule has 1 aromatic carbocycles. The van der Waals surface area contributed by atoms with E-state index in [0.29, 0.717) is 18.5 Å². The highest BCUT2D eigenvalue weighted by molar-refractivity contribution is 7.91. The van der Waals surface area contributed by atoms with Gasteiger partial charge in [-0.25, -0.2) is 8.42 Å². The van der Waals surface area contributed by atoms with Crippen LogP contribution in [0.5, 0.6) is 0 Å². The molecule has 1 aliphatic heterocycles. The van der Waals surface area contributed by atoms with Crippen LogP contribution in [0.3, 0.4) is 0 Å². The van der Waals surface area contributed by atoms with Crippen molar-refractivity contribution in [1.82, 2.24) is 10.2 Å². The van der Waals surface area contributed by atoms with Crippen LogP contribution in [-0.2, 0) is 14.6 Å². The van der Waals surface area contributed by atoms with Gasteiger partial charge in [-0.05, 0) is 30.0 Å². The molecule has 0 bridgehead atoms. The maximum absolute atomic E-state index is 12.5. The Kier molecular flexibility index (Phi) is 5.73. The molecule has 1 fully saturated rings. The highest BCUT2D eigenvalue weighted by atomic mass is 32.2. The fourth-order valence-electron chi connectivity index (χ4n) is 2.95. The van der Waals surface area contributed by atoms with Gasteiger partial charge in [-0.1, -0.05) is 24.3 Å². The van der Waals surface area contributed by atoms with E-state index >= 15 is 0 Å². The van der Waals surface area contributed by atoms with E-state index in [2.05, 4.69) is 5.32 Å². The molecule has 0 unspecified atom stereocenters. The number of rotatable bonds is 4. The fraction of sp³-hybridized carbons (Fsp3) is 0.333. The van der Waals surface area contributed by atoms with Gasteiger partial charge in [0.2, 0.25) is 5.91 Å². The molecule has 0 aliphatic carbocycles. The molecule has 2 aromatic rings. The molecule has 2 heterocycles. The van der Waals surface area contributed by atoms with E-state index in [1.807, 2.05) is 23.6 Å². The maximum Gasteiger partial charge on any atom is 0.251 e. The third kappa shape index (κ3) is 4.31. The van der Waals surface area contributed by atoms with Crippen molar-refractivity contribution in [1.29, 1.82) is 0 Å². The van der Waals surface area contributed by atoms with Crippen LogP contribution in [-0.4, -0.2) is 50.5 Å². The highest BCUT2D eigenvalue weighted by Gasteiger charge is 2.33. The molecule has 1 aromatic heterocycles. The number of carbonyl (C=O) groups is 2. The molecule has 3 rings (SSSR count). The predicted octanol–water partition coefficient (Wildman–Crippen LogP) is 1.87. The maximum atomic E-state index is 12.5. The van der Waals surface area contributed by atoms with Crippen LogP contribution < -0.4 is 5.32 Å². The molecule has 26 heavy (non-hydrogen) atoms. The van der Waals surface area contributed by atoms with Crippen molar-refractivity contribution >= 4 is 33.0 Å². The van der Waals surface area contributed by atoms with Crippen molar-refractivity contribution in [3.05, 3.63) is 58.3 Å². The van der Waals surface area contributed by atoms with Crippen molar-refractivity contribution in [2.75, 3.05) is 25.4 Å². The average Bonchev–Trinajstić information content (AvgIpc) is 3.11. The molecule has 1 N–H and O–H groups in total. The molecule has 1 atom stereocenters. The number of hydrogen-bond acceptors (Lipinski definition) is 5. The van der Waals surface area contributed by atoms with Crippen LogP contribution in [0.1, 0.15) is 26.9 Å². The zero-order chi connectivity index (χ0) is 18.6. The summed E-state index contributed by atoms with van der Waals surface area (Å²) in [6.07, 6.45) is 0.376. The Hall–Kier alpha value is -2.19. The SMILES string of the molecule is O=C(NCC(=O)N1CC[C@H](c2cccs2)S(=O)(=O)CC1)c1ccccc1. The third-order valence-corrected chi connectivity index (χ3v) is 7.63. The topological polar surface area (TPSA) is 83.6 Å². The van der Waals surface area contributed by atoms with E-state index in [9.17, 15) is 18.0 Å². The van der Waals surface area contributed by atoms with E-state index in [1.165, 1.54) is 16.2 Å². The number of thiophene rings is 1. The van der Waals surface area contributed by atoms with Gasteiger partial charge in [-0.3, -0.25) is 9.59 Å². The predicted molar refractivity (Wildman–Crippen MR) is 101 cm³/mol. The van der Waals surface area contributed by atoms with Gasteiger partial charge in [0.1, 0.15) is 0 Å². The molecular weight excluding hydrogens is 372 g/mol. The summed E-state index contributed by atoms with van der Waals surface area (Å²) in [6, 6.07) is 12.3. The second-order valence-electron chi connectivity index (χ2n) is 6.09. The van der Waals surface area contributed by atoms with Gasteiger partial charge in [-0.2, -0.15) is 0 Å². The van der Waals surface area contributed by atoms with Crippen LogP contribution in [0.4, 0.5) is 0 Å². The molecule has 1 saturated heterocycles. The smallest absolute Gasteiger partial charge is 0.251 e. The number of amides is 2. The summed E-state index contributed by atoms with van der Waals surface area (Å²) in [5, 5.41) is 3.90. The Morgan fingerprint density at radius 2 is 1.88 bits per heavy atom. The summed E-state index contributed by atoms with van der Waals surface area (Å²) >= 11 is 1.42. The standard InChI is InChI=1S/C18H20N2O4S2/c21-17(13-19-18(22)14-5-2-1-3-6-14)20-9-8-16(15-7-4-11-25-15)26(23,24)12-10-20/h1-7,11,16H,8-10,12-13H2,(H,19,22)/t16-/m1/s1. The Bertz CT molecular complexity index is 864. The van der Waals surface area contributed by atoms with Crippen LogP contribution in [0, 0.1) is 0 Å². The molecular formula is C18H20N2O4S2. The number of hydrogen-bond donors (Lipinski definition) is 1. The molecule has 138 valence electrons. The van der Waals surface area contributed by atoms with Crippen LogP contribution in [0.2, 0.25) is 0 Å². The van der Waals surface area contributed by atoms with E-state index in [1.54, 1.807) is 24.3 Å². The first-order valence-electron chi connectivity index (χ1n) is 8.33. The van der Waals surface area contributed by atoms with Gasteiger partial charge in [0, 0.05) is 23.5 Å². The molecule has 0 spiro atoms. The molecule has 6 nitrogen and oxygen atoms in total. The Labute approximate surface area is 156 Å². The van der Waals surface area contributed by atoms with Gasteiger partial charge < -0.3 is 10.2 Å². The monoisotopic (exact) mass is 392 g/mol. The minimum atomic E-state index is -3.29. The Morgan fingerprint density at radius 1 is 1.12 bits per heavy atom. The van der Waals surface area contributed by atoms with E-state index in [0.717, 1.165) is 4.88 Å². The van der Waals surface area contributed by atoms with Gasteiger partial charge >= 0.3 is 0 Å². The minimum Gasteiger partial charge on any atom is -0.343 e. The molecule has 0 radical (unpaired) electrons. The number of nitrogens with zero attached hydrogens (tertiary/aromatic N) is 1. The first kappa shape index (κ1) is 18.6. The van der Waals surface area contributed by atoms with Gasteiger partial charge in [0.25, 0.3) is 5.91 Å². The van der Waals surface area contributed by atoms with Crippen molar-refractivity contribution in [2.45, 2.75) is 11.7 Å². The second kappa shape index (κ2) is 8.01. The lowest BCUT2D eigenvalue weighted by molar-refractivity contribution is -0.129. The van der Waals surface area contributed by atoms with E-state index < -0.39 is 15.1 Å². The van der Waals surface area contributed by atoms with E-state index in [-0.39, 0.29) is 30.7 Å². The highest BCUT2D eigenvalue weighted by Crippen LogP contribution is 2.32. The van der Waals surface area contributed by atoms with Crippen LogP contribution in [0.25, 0.3) is 0 Å². The third-order valence-electron chi connectivity index (χ3n) is 4.39. The molecule has 8 heteroatoms. The first-order chi connectivity index (χ1) is 12.5. The summed E-state index contributed by atoms with van der Waals surface area (Å²) < 4.78 is 25.0. The average molecular weight is 393 g/mol. The second-order valence-corrected chi connectivity index (χ2v) is 9.37. The first-order valence-corrected chi connectivity index (χ1v) is 10.9. The van der Waals surface area contributed by atoms with Gasteiger partial charge in [0.15, 0.2) is 9.84 Å². The largest absolute Gasteiger partial charge is 0.343 e. The summed E-state index contributed by atoms with van der Waals surface area (Å²) in [7, 11) is -3.29. The lowest BCUT2D eigenvalue weighted by Gasteiger charge is -2.20. The van der Waals surface area contributed by atoms with Crippen LogP contribution >= 0.6 is 11.3 Å². The number of benzene rings is 1. The molecule has 1 aliphatic rings. The summed E-state index contributed by atoms with van der Waals surface area (Å²) in [6.45, 7) is 0.379. The number of nitrogens with one attached hydrogen (secondary N) is 1. The summed E-state index contributed by atoms with van der Waals surface area (Å²) in [5.41, 5.74) is 0.483. The quantitative estimate of drug-likeness (QED) is 0.861. The molecule has 0 saturated carbocycles. The van der Waals surface area contributed by atoms with Gasteiger partial charge in [-0.15, -0.1) is 11.3 Å². The molecule has 2 amide bonds. The summed E-state index contributed by atoms with van der Waals surface area (Å²) in [5.74, 6) is -0.650. The van der Waals surface area contributed by atoms with Crippen molar-refractivity contribution in [3.8, 4) is 0 Å². The van der Waals surface area contributed by atoms with Gasteiger partial charge in [0.05, 0.1) is 17.5 Å². The number of carbonyl (C=O) groups excluding carboxylic acids is 2. The van der Waals surface area contributed by atoms with Crippen LogP contribution in [0.15, 0.2) is 47.8 Å². The normalized spacial score (nSPS) is 19.5. The zero-order valence-electron chi connectivity index (χ0n) is 14.1. The van der Waals surface area contributed by atoms with Crippen molar-refractivity contribution < 1.29 is 18.0 Å². The summed E-state index contributed by atoms with van der Waals surface area (Å²) in [4.78, 5) is 26.8. The van der Waals surface area contributed by atoms with E-state index in [4.69, 9.17) is 0 Å². The lowest BCUT2D eigenvalue weighted by atomic mass is 10.2. The lowest BCUT2D eigenvalue weighted by Crippen LogP contribution is -2.41. The zero-order valence-corrected chi connectivity index (χ0v) is 15.8. The fourth-order valence-corrected chi connectivity index (χ4v) is 5.95. The number of sulfone groups is 1. The Morgan fingerprint density at radius 3 is 2.58 bits per heavy atom. The Balaban J connectivity index is 1.60. The van der Waals surface area contributed by atoms with Crippen molar-refractivity contribution in [3.63, 3.8) is 0 Å².